The van der Waals surface area contributed by atoms with Gasteiger partial charge in [0, 0.05) is 6.07 Å². The molecule has 31 heavy (non-hydrogen) atoms. The molecule has 0 saturated carbocycles. The van der Waals surface area contributed by atoms with Crippen LogP contribution < -0.4 is 14.2 Å². The lowest BCUT2D eigenvalue weighted by atomic mass is 10.3. The molecule has 0 bridgehead atoms. The molecule has 0 amide bonds. The minimum Gasteiger partial charge on any atom is -0.484 e. The zero-order chi connectivity index (χ0) is 22.9. The van der Waals surface area contributed by atoms with E-state index in [-0.39, 0.29) is 5.69 Å². The van der Waals surface area contributed by atoms with Crippen molar-refractivity contribution in [2.45, 2.75) is 17.2 Å². The third-order valence-corrected chi connectivity index (χ3v) is 5.78. The number of anilines is 1. The van der Waals surface area contributed by atoms with Gasteiger partial charge in [-0.1, -0.05) is 0 Å². The second-order valence-corrected chi connectivity index (χ2v) is 8.59. The number of hydrogen-bond donors (Lipinski definition) is 1. The molecule has 3 aromatic rings. The highest BCUT2D eigenvalue weighted by Gasteiger charge is 2.31. The second kappa shape index (κ2) is 8.42. The largest absolute Gasteiger partial charge is 0.484 e. The summed E-state index contributed by atoms with van der Waals surface area (Å²) in [5.74, 6) is -1.22. The van der Waals surface area contributed by atoms with Gasteiger partial charge in [0.1, 0.15) is 16.4 Å². The maximum absolute atomic E-state index is 12.8. The SMILES string of the molecule is O=S(=O)(Nc1ccc2ncsc2c1)c1cc(OCC(F)(F)F)ccc1OCC(F)(F)F. The van der Waals surface area contributed by atoms with Crippen LogP contribution in [0.5, 0.6) is 11.5 Å². The summed E-state index contributed by atoms with van der Waals surface area (Å²) in [7, 11) is -4.56. The number of nitrogens with one attached hydrogen (secondary N) is 1. The average molecular weight is 486 g/mol. The number of ether oxygens (including phenoxy) is 2. The van der Waals surface area contributed by atoms with Crippen LogP contribution >= 0.6 is 11.3 Å². The van der Waals surface area contributed by atoms with Gasteiger partial charge in [-0.2, -0.15) is 26.3 Å². The van der Waals surface area contributed by atoms with Crippen LogP contribution in [0, 0.1) is 0 Å². The summed E-state index contributed by atoms with van der Waals surface area (Å²) in [6.45, 7) is -3.52. The monoisotopic (exact) mass is 486 g/mol. The molecular weight excluding hydrogens is 474 g/mol. The molecule has 0 aliphatic rings. The van der Waals surface area contributed by atoms with Crippen molar-refractivity contribution in [1.29, 1.82) is 0 Å². The molecule has 0 fully saturated rings. The Balaban J connectivity index is 1.94. The molecule has 6 nitrogen and oxygen atoms in total. The molecule has 3 rings (SSSR count). The van der Waals surface area contributed by atoms with Crippen LogP contribution in [0.4, 0.5) is 32.0 Å². The van der Waals surface area contributed by atoms with Gasteiger partial charge in [-0.15, -0.1) is 11.3 Å². The Morgan fingerprint density at radius 1 is 0.935 bits per heavy atom. The zero-order valence-electron chi connectivity index (χ0n) is 15.1. The van der Waals surface area contributed by atoms with Gasteiger partial charge in [0.2, 0.25) is 0 Å². The molecule has 0 saturated heterocycles. The number of rotatable bonds is 7. The van der Waals surface area contributed by atoms with Crippen molar-refractivity contribution in [3.8, 4) is 11.5 Å². The summed E-state index contributed by atoms with van der Waals surface area (Å²) in [6.07, 6.45) is -9.47. The summed E-state index contributed by atoms with van der Waals surface area (Å²) in [5, 5.41) is 0. The number of hydrogen-bond acceptors (Lipinski definition) is 6. The zero-order valence-corrected chi connectivity index (χ0v) is 16.8. The van der Waals surface area contributed by atoms with E-state index < -0.39 is 52.0 Å². The first kappa shape index (κ1) is 22.9. The van der Waals surface area contributed by atoms with Gasteiger partial charge >= 0.3 is 12.4 Å². The summed E-state index contributed by atoms with van der Waals surface area (Å²) < 4.78 is 112. The Bertz CT molecular complexity index is 1180. The van der Waals surface area contributed by atoms with E-state index >= 15 is 0 Å². The fourth-order valence-corrected chi connectivity index (χ4v) is 4.29. The van der Waals surface area contributed by atoms with E-state index in [4.69, 9.17) is 0 Å². The summed E-state index contributed by atoms with van der Waals surface area (Å²) in [6, 6.07) is 6.67. The van der Waals surface area contributed by atoms with Gasteiger partial charge in [-0.25, -0.2) is 13.4 Å². The highest BCUT2D eigenvalue weighted by atomic mass is 32.2. The molecule has 2 aromatic carbocycles. The number of benzene rings is 2. The third-order valence-electron chi connectivity index (χ3n) is 3.58. The molecule has 1 heterocycles. The van der Waals surface area contributed by atoms with Crippen molar-refractivity contribution in [2.75, 3.05) is 17.9 Å². The van der Waals surface area contributed by atoms with Crippen LogP contribution in [0.2, 0.25) is 0 Å². The van der Waals surface area contributed by atoms with E-state index in [0.29, 0.717) is 16.3 Å². The minimum absolute atomic E-state index is 0.0696. The predicted octanol–water partition coefficient (Wildman–Crippen LogP) is 4.98. The van der Waals surface area contributed by atoms with Crippen LogP contribution in [0.25, 0.3) is 10.2 Å². The van der Waals surface area contributed by atoms with Gasteiger partial charge in [-0.05, 0) is 30.3 Å². The van der Waals surface area contributed by atoms with Crippen LogP contribution in [0.3, 0.4) is 0 Å². The Hall–Kier alpha value is -2.74. The van der Waals surface area contributed by atoms with Crippen molar-refractivity contribution < 1.29 is 44.2 Å². The summed E-state index contributed by atoms with van der Waals surface area (Å²) in [4.78, 5) is 3.22. The van der Waals surface area contributed by atoms with Gasteiger partial charge in [0.15, 0.2) is 13.2 Å². The topological polar surface area (TPSA) is 77.5 Å². The van der Waals surface area contributed by atoms with E-state index in [1.54, 1.807) is 0 Å². The number of sulfonamides is 1. The highest BCUT2D eigenvalue weighted by Crippen LogP contribution is 2.33. The Morgan fingerprint density at radius 2 is 1.61 bits per heavy atom. The van der Waals surface area contributed by atoms with Crippen molar-refractivity contribution in [2.24, 2.45) is 0 Å². The molecule has 0 aliphatic carbocycles. The normalized spacial score (nSPS) is 12.7. The molecule has 14 heteroatoms. The number of thiazole rings is 1. The quantitative estimate of drug-likeness (QED) is 0.477. The van der Waals surface area contributed by atoms with Gasteiger partial charge in [0.25, 0.3) is 10.0 Å². The molecule has 0 aliphatic heterocycles. The summed E-state index contributed by atoms with van der Waals surface area (Å²) in [5.41, 5.74) is 2.21. The number of aromatic nitrogens is 1. The van der Waals surface area contributed by atoms with Gasteiger partial charge < -0.3 is 9.47 Å². The van der Waals surface area contributed by atoms with E-state index in [9.17, 15) is 34.8 Å². The fourth-order valence-electron chi connectivity index (χ4n) is 2.36. The smallest absolute Gasteiger partial charge is 0.422 e. The molecule has 1 aromatic heterocycles. The van der Waals surface area contributed by atoms with Crippen molar-refractivity contribution in [1.82, 2.24) is 4.98 Å². The van der Waals surface area contributed by atoms with Crippen molar-refractivity contribution in [3.63, 3.8) is 0 Å². The van der Waals surface area contributed by atoms with E-state index in [0.717, 1.165) is 12.1 Å². The Labute approximate surface area is 175 Å². The number of fused-ring (bicyclic) bond motifs is 1. The number of nitrogens with zero attached hydrogens (tertiary/aromatic N) is 1. The highest BCUT2D eigenvalue weighted by molar-refractivity contribution is 7.92. The molecule has 1 N–H and O–H groups in total. The Morgan fingerprint density at radius 3 is 2.29 bits per heavy atom. The molecular formula is C17H12F6N2O4S2. The second-order valence-electron chi connectivity index (χ2n) is 6.06. The lowest BCUT2D eigenvalue weighted by molar-refractivity contribution is -0.154. The standard InChI is InChI=1S/C17H12F6N2O4S2/c18-16(19,20)7-28-11-2-4-13(29-8-17(21,22)23)15(6-11)31(26,27)25-10-1-3-12-14(5-10)30-9-24-12/h1-6,9,25H,7-8H2. The van der Waals surface area contributed by atoms with Crippen LogP contribution in [-0.2, 0) is 10.0 Å². The van der Waals surface area contributed by atoms with E-state index in [1.165, 1.54) is 35.0 Å². The Kier molecular flexibility index (Phi) is 6.23. The van der Waals surface area contributed by atoms with Crippen LogP contribution in [0.15, 0.2) is 46.8 Å². The minimum atomic E-state index is -4.77. The number of halogens is 6. The lowest BCUT2D eigenvalue weighted by Crippen LogP contribution is -2.22. The van der Waals surface area contributed by atoms with Crippen molar-refractivity contribution >= 4 is 37.3 Å². The van der Waals surface area contributed by atoms with Crippen LogP contribution in [-0.4, -0.2) is 39.0 Å². The van der Waals surface area contributed by atoms with E-state index in [1.807, 2.05) is 0 Å². The number of alkyl halides is 6. The summed E-state index contributed by atoms with van der Waals surface area (Å²) >= 11 is 1.23. The fraction of sp³-hybridized carbons (Fsp3) is 0.235. The van der Waals surface area contributed by atoms with Gasteiger partial charge in [-0.3, -0.25) is 4.72 Å². The first-order valence-electron chi connectivity index (χ1n) is 8.22. The lowest BCUT2D eigenvalue weighted by Gasteiger charge is -2.16. The third kappa shape index (κ3) is 6.37. The molecule has 168 valence electrons. The first-order valence-corrected chi connectivity index (χ1v) is 10.6. The van der Waals surface area contributed by atoms with E-state index in [2.05, 4.69) is 19.2 Å². The maximum Gasteiger partial charge on any atom is 0.422 e. The molecule has 0 spiro atoms. The first-order chi connectivity index (χ1) is 14.3. The predicted molar refractivity (Wildman–Crippen MR) is 100.0 cm³/mol. The average Bonchev–Trinajstić information content (AvgIpc) is 3.11. The van der Waals surface area contributed by atoms with Gasteiger partial charge in [0.05, 0.1) is 21.4 Å². The van der Waals surface area contributed by atoms with Crippen molar-refractivity contribution in [3.05, 3.63) is 41.9 Å². The molecule has 0 unspecified atom stereocenters. The van der Waals surface area contributed by atoms with Crippen LogP contribution in [0.1, 0.15) is 0 Å². The molecule has 0 radical (unpaired) electrons. The molecule has 0 atom stereocenters. The maximum atomic E-state index is 12.8.